The zero-order valence-corrected chi connectivity index (χ0v) is 9.50. The first-order valence-electron chi connectivity index (χ1n) is 5.51. The van der Waals surface area contributed by atoms with Gasteiger partial charge in [0.05, 0.1) is 4.92 Å². The summed E-state index contributed by atoms with van der Waals surface area (Å²) in [5.74, 6) is -1.30. The number of hydrogen-bond donors (Lipinski definition) is 2. The Balaban J connectivity index is 2.25. The molecule has 6 heteroatoms. The van der Waals surface area contributed by atoms with E-state index in [1.54, 1.807) is 6.07 Å². The fourth-order valence-corrected chi connectivity index (χ4v) is 1.92. The Bertz CT molecular complexity index is 517. The van der Waals surface area contributed by atoms with Gasteiger partial charge in [0, 0.05) is 17.8 Å². The molecule has 1 aliphatic carbocycles. The normalized spacial score (nSPS) is 14.7. The van der Waals surface area contributed by atoms with Gasteiger partial charge in [-0.3, -0.25) is 10.1 Å². The average Bonchev–Trinajstić information content (AvgIpc) is 2.81. The van der Waals surface area contributed by atoms with Crippen molar-refractivity contribution in [1.82, 2.24) is 0 Å². The lowest BCUT2D eigenvalue weighted by atomic mass is 10.1. The van der Waals surface area contributed by atoms with E-state index in [1.807, 2.05) is 12.2 Å². The van der Waals surface area contributed by atoms with E-state index in [4.69, 9.17) is 5.11 Å². The van der Waals surface area contributed by atoms with Gasteiger partial charge >= 0.3 is 5.97 Å². The monoisotopic (exact) mass is 248 g/mol. The number of benzene rings is 1. The molecule has 0 bridgehead atoms. The number of anilines is 1. The molecule has 0 aliphatic heterocycles. The highest BCUT2D eigenvalue weighted by molar-refractivity contribution is 5.93. The Labute approximate surface area is 103 Å². The van der Waals surface area contributed by atoms with Crippen molar-refractivity contribution >= 4 is 17.3 Å². The molecule has 6 nitrogen and oxygen atoms in total. The minimum atomic E-state index is -1.30. The zero-order valence-electron chi connectivity index (χ0n) is 9.50. The molecule has 1 aliphatic rings. The van der Waals surface area contributed by atoms with Gasteiger partial charge in [0.1, 0.15) is 5.56 Å². The molecule has 94 valence electrons. The predicted molar refractivity (Wildman–Crippen MR) is 65.8 cm³/mol. The Morgan fingerprint density at radius 2 is 2.06 bits per heavy atom. The van der Waals surface area contributed by atoms with Crippen molar-refractivity contribution in [2.24, 2.45) is 0 Å². The molecular formula is C12H12N2O4. The van der Waals surface area contributed by atoms with Crippen LogP contribution in [0.25, 0.3) is 0 Å². The number of rotatable bonds is 4. The molecule has 0 radical (unpaired) electrons. The molecule has 1 aromatic carbocycles. The summed E-state index contributed by atoms with van der Waals surface area (Å²) in [5.41, 5.74) is -0.117. The van der Waals surface area contributed by atoms with Crippen LogP contribution in [0.2, 0.25) is 0 Å². The van der Waals surface area contributed by atoms with Crippen LogP contribution in [0.1, 0.15) is 23.2 Å². The van der Waals surface area contributed by atoms with Gasteiger partial charge in [-0.05, 0) is 25.0 Å². The lowest BCUT2D eigenvalue weighted by Crippen LogP contribution is -2.15. The maximum absolute atomic E-state index is 10.8. The Hall–Kier alpha value is -2.37. The molecule has 0 atom stereocenters. The predicted octanol–water partition coefficient (Wildman–Crippen LogP) is 2.42. The van der Waals surface area contributed by atoms with Crippen molar-refractivity contribution in [2.75, 3.05) is 5.32 Å². The molecule has 0 amide bonds. The molecule has 0 aromatic heterocycles. The van der Waals surface area contributed by atoms with Crippen molar-refractivity contribution < 1.29 is 14.8 Å². The van der Waals surface area contributed by atoms with Gasteiger partial charge in [0.25, 0.3) is 5.69 Å². The Morgan fingerprint density at radius 3 is 2.61 bits per heavy atom. The van der Waals surface area contributed by atoms with Crippen LogP contribution in [0.15, 0.2) is 30.4 Å². The number of nitrogens with zero attached hydrogens (tertiary/aromatic N) is 1. The summed E-state index contributed by atoms with van der Waals surface area (Å²) in [5, 5.41) is 22.8. The van der Waals surface area contributed by atoms with Crippen LogP contribution < -0.4 is 5.32 Å². The van der Waals surface area contributed by atoms with Crippen LogP contribution in [0, 0.1) is 10.1 Å². The van der Waals surface area contributed by atoms with Crippen LogP contribution in [-0.2, 0) is 0 Å². The van der Waals surface area contributed by atoms with Gasteiger partial charge in [-0.1, -0.05) is 12.2 Å². The van der Waals surface area contributed by atoms with E-state index in [2.05, 4.69) is 5.32 Å². The highest BCUT2D eigenvalue weighted by Crippen LogP contribution is 2.25. The first-order valence-corrected chi connectivity index (χ1v) is 5.51. The van der Waals surface area contributed by atoms with E-state index in [9.17, 15) is 14.9 Å². The van der Waals surface area contributed by atoms with Gasteiger partial charge in [0.2, 0.25) is 0 Å². The van der Waals surface area contributed by atoms with E-state index >= 15 is 0 Å². The zero-order chi connectivity index (χ0) is 13.1. The second kappa shape index (κ2) is 4.87. The first kappa shape index (κ1) is 12.1. The minimum absolute atomic E-state index is 0.222. The first-order chi connectivity index (χ1) is 8.58. The third kappa shape index (κ3) is 2.48. The van der Waals surface area contributed by atoms with Crippen LogP contribution >= 0.6 is 0 Å². The fraction of sp³-hybridized carbons (Fsp3) is 0.250. The molecule has 0 saturated carbocycles. The van der Waals surface area contributed by atoms with E-state index in [0.717, 1.165) is 12.8 Å². The van der Waals surface area contributed by atoms with E-state index < -0.39 is 16.6 Å². The number of carboxylic acid groups (broad SMARTS) is 1. The van der Waals surface area contributed by atoms with Gasteiger partial charge in [-0.25, -0.2) is 4.79 Å². The van der Waals surface area contributed by atoms with Crippen LogP contribution in [0.3, 0.4) is 0 Å². The summed E-state index contributed by atoms with van der Waals surface area (Å²) in [6, 6.07) is 4.29. The summed E-state index contributed by atoms with van der Waals surface area (Å²) in [6.45, 7) is 0. The van der Waals surface area contributed by atoms with E-state index in [-0.39, 0.29) is 11.6 Å². The number of carbonyl (C=O) groups is 1. The van der Waals surface area contributed by atoms with Gasteiger partial charge in [-0.2, -0.15) is 0 Å². The van der Waals surface area contributed by atoms with E-state index in [1.165, 1.54) is 12.1 Å². The van der Waals surface area contributed by atoms with Crippen LogP contribution in [0.5, 0.6) is 0 Å². The lowest BCUT2D eigenvalue weighted by Gasteiger charge is -2.13. The molecule has 0 spiro atoms. The van der Waals surface area contributed by atoms with Crippen molar-refractivity contribution in [3.8, 4) is 0 Å². The topological polar surface area (TPSA) is 92.5 Å². The molecule has 0 fully saturated rings. The number of nitrogens with one attached hydrogen (secondary N) is 1. The summed E-state index contributed by atoms with van der Waals surface area (Å²) < 4.78 is 0. The number of hydrogen-bond acceptors (Lipinski definition) is 4. The molecule has 1 aromatic rings. The van der Waals surface area contributed by atoms with Crippen molar-refractivity contribution in [2.45, 2.75) is 18.9 Å². The second-order valence-electron chi connectivity index (χ2n) is 4.08. The minimum Gasteiger partial charge on any atom is -0.477 e. The smallest absolute Gasteiger partial charge is 0.342 e. The number of aromatic carboxylic acids is 1. The summed E-state index contributed by atoms with van der Waals surface area (Å²) in [4.78, 5) is 21.0. The number of nitro benzene ring substituents is 1. The molecule has 2 N–H and O–H groups in total. The third-order valence-corrected chi connectivity index (χ3v) is 2.80. The third-order valence-electron chi connectivity index (χ3n) is 2.80. The molecule has 0 heterocycles. The maximum Gasteiger partial charge on any atom is 0.342 e. The highest BCUT2D eigenvalue weighted by atomic mass is 16.6. The molecule has 18 heavy (non-hydrogen) atoms. The maximum atomic E-state index is 10.8. The summed E-state index contributed by atoms with van der Waals surface area (Å²) in [7, 11) is 0. The second-order valence-corrected chi connectivity index (χ2v) is 4.08. The Morgan fingerprint density at radius 1 is 1.39 bits per heavy atom. The van der Waals surface area contributed by atoms with Crippen molar-refractivity contribution in [1.29, 1.82) is 0 Å². The number of nitro groups is 1. The van der Waals surface area contributed by atoms with Crippen LogP contribution in [-0.4, -0.2) is 22.0 Å². The molecule has 0 saturated heterocycles. The van der Waals surface area contributed by atoms with Gasteiger partial charge < -0.3 is 10.4 Å². The standard InChI is InChI=1S/C12H12N2O4/c15-12(16)10-6-5-9(7-11(10)14(17)18)13-8-3-1-2-4-8/h1-2,5-8,13H,3-4H2,(H,15,16). The summed E-state index contributed by atoms with van der Waals surface area (Å²) >= 11 is 0. The van der Waals surface area contributed by atoms with Crippen LogP contribution in [0.4, 0.5) is 11.4 Å². The SMILES string of the molecule is O=C(O)c1ccc(NC2CC=CC2)cc1[N+](=O)[O-]. The van der Waals surface area contributed by atoms with E-state index in [0.29, 0.717) is 5.69 Å². The van der Waals surface area contributed by atoms with Crippen molar-refractivity contribution in [3.63, 3.8) is 0 Å². The van der Waals surface area contributed by atoms with Gasteiger partial charge in [-0.15, -0.1) is 0 Å². The number of carboxylic acids is 1. The Kier molecular flexibility index (Phi) is 3.27. The lowest BCUT2D eigenvalue weighted by molar-refractivity contribution is -0.385. The highest BCUT2D eigenvalue weighted by Gasteiger charge is 2.20. The average molecular weight is 248 g/mol. The molecule has 2 rings (SSSR count). The van der Waals surface area contributed by atoms with Gasteiger partial charge in [0.15, 0.2) is 0 Å². The largest absolute Gasteiger partial charge is 0.477 e. The summed E-state index contributed by atoms with van der Waals surface area (Å²) in [6.07, 6.45) is 5.82. The fourth-order valence-electron chi connectivity index (χ4n) is 1.92. The molecule has 0 unspecified atom stereocenters. The van der Waals surface area contributed by atoms with Crippen molar-refractivity contribution in [3.05, 3.63) is 46.0 Å². The molecular weight excluding hydrogens is 236 g/mol. The quantitative estimate of drug-likeness (QED) is 0.485.